The minimum atomic E-state index is -0.375. The van der Waals surface area contributed by atoms with Gasteiger partial charge in [-0.2, -0.15) is 5.26 Å². The first-order chi connectivity index (χ1) is 11.5. The van der Waals surface area contributed by atoms with Gasteiger partial charge in [0.2, 0.25) is 0 Å². The molecule has 1 amide bonds. The molecule has 0 spiro atoms. The number of hydrogen-bond donors (Lipinski definition) is 2. The fourth-order valence-corrected chi connectivity index (χ4v) is 2.77. The second kappa shape index (κ2) is 8.51. The minimum Gasteiger partial charge on any atom is -0.376 e. The first kappa shape index (κ1) is 18.0. The number of aryl methyl sites for hydroxylation is 1. The molecule has 0 radical (unpaired) electrons. The van der Waals surface area contributed by atoms with Gasteiger partial charge in [0, 0.05) is 25.0 Å². The lowest BCUT2D eigenvalue weighted by atomic mass is 9.98. The number of amides is 1. The Morgan fingerprint density at radius 1 is 1.50 bits per heavy atom. The molecule has 1 aliphatic rings. The fourth-order valence-electron chi connectivity index (χ4n) is 2.77. The maximum atomic E-state index is 12.2. The molecule has 0 aliphatic carbocycles. The number of carbonyl (C=O) groups is 1. The normalized spacial score (nSPS) is 17.6. The monoisotopic (exact) mass is 327 g/mol. The van der Waals surface area contributed by atoms with E-state index in [9.17, 15) is 10.1 Å². The van der Waals surface area contributed by atoms with Crippen LogP contribution in [0.25, 0.3) is 0 Å². The first-order valence-electron chi connectivity index (χ1n) is 8.39. The third-order valence-corrected chi connectivity index (χ3v) is 4.17. The smallest absolute Gasteiger partial charge is 0.263 e. The van der Waals surface area contributed by atoms with Crippen molar-refractivity contribution in [2.45, 2.75) is 45.6 Å². The number of nitrogens with one attached hydrogen (secondary N) is 2. The molecule has 0 aromatic heterocycles. The molecule has 1 aromatic carbocycles. The van der Waals surface area contributed by atoms with Gasteiger partial charge in [0.05, 0.1) is 6.10 Å². The van der Waals surface area contributed by atoms with E-state index >= 15 is 0 Å². The van der Waals surface area contributed by atoms with Gasteiger partial charge >= 0.3 is 0 Å². The number of rotatable bonds is 6. The van der Waals surface area contributed by atoms with Crippen LogP contribution in [-0.2, 0) is 9.53 Å². The quantitative estimate of drug-likeness (QED) is 0.621. The minimum absolute atomic E-state index is 0.0609. The average molecular weight is 327 g/mol. The van der Waals surface area contributed by atoms with E-state index in [4.69, 9.17) is 4.74 Å². The van der Waals surface area contributed by atoms with Gasteiger partial charge < -0.3 is 15.4 Å². The molecule has 5 heteroatoms. The molecule has 1 atom stereocenters. The van der Waals surface area contributed by atoms with Crippen molar-refractivity contribution in [2.24, 2.45) is 0 Å². The highest BCUT2D eigenvalue weighted by Crippen LogP contribution is 2.27. The molecule has 0 bridgehead atoms. The van der Waals surface area contributed by atoms with Gasteiger partial charge in [0.1, 0.15) is 11.6 Å². The summed E-state index contributed by atoms with van der Waals surface area (Å²) in [5.41, 5.74) is 3.25. The number of nitrogens with zero attached hydrogens (tertiary/aromatic N) is 1. The molecule has 1 aliphatic heterocycles. The number of ether oxygens (including phenoxy) is 1. The number of anilines is 1. The predicted octanol–water partition coefficient (Wildman–Crippen LogP) is 3.23. The third-order valence-electron chi connectivity index (χ3n) is 4.17. The van der Waals surface area contributed by atoms with Crippen LogP contribution in [0.4, 0.5) is 5.69 Å². The van der Waals surface area contributed by atoms with Gasteiger partial charge in [0.15, 0.2) is 0 Å². The molecule has 1 fully saturated rings. The molecule has 1 unspecified atom stereocenters. The summed E-state index contributed by atoms with van der Waals surface area (Å²) < 4.78 is 5.47. The van der Waals surface area contributed by atoms with Gasteiger partial charge in [-0.3, -0.25) is 4.79 Å². The van der Waals surface area contributed by atoms with E-state index in [1.165, 1.54) is 6.20 Å². The standard InChI is InChI=1S/C19H25N3O2/c1-13(2)17-8-4-6-14(3)18(17)21-11-15(10-20)19(23)22-12-16-7-5-9-24-16/h4,6,8,11,13,16,21H,5,7,9,12H2,1-3H3,(H,22,23)/b15-11-. The van der Waals surface area contributed by atoms with Gasteiger partial charge in [0.25, 0.3) is 5.91 Å². The summed E-state index contributed by atoms with van der Waals surface area (Å²) >= 11 is 0. The first-order valence-corrected chi connectivity index (χ1v) is 8.39. The third kappa shape index (κ3) is 4.59. The molecule has 2 rings (SSSR count). The maximum absolute atomic E-state index is 12.2. The molecule has 2 N–H and O–H groups in total. The fraction of sp³-hybridized carbons (Fsp3) is 0.474. The lowest BCUT2D eigenvalue weighted by Crippen LogP contribution is -2.32. The van der Waals surface area contributed by atoms with Crippen molar-refractivity contribution in [1.29, 1.82) is 5.26 Å². The van der Waals surface area contributed by atoms with Crippen LogP contribution in [0.15, 0.2) is 30.0 Å². The van der Waals surface area contributed by atoms with Crippen LogP contribution in [0.5, 0.6) is 0 Å². The summed E-state index contributed by atoms with van der Waals surface area (Å²) in [5, 5.41) is 15.2. The lowest BCUT2D eigenvalue weighted by molar-refractivity contribution is -0.117. The van der Waals surface area contributed by atoms with E-state index in [1.54, 1.807) is 0 Å². The maximum Gasteiger partial charge on any atom is 0.263 e. The molecule has 0 saturated carbocycles. The predicted molar refractivity (Wildman–Crippen MR) is 94.6 cm³/mol. The van der Waals surface area contributed by atoms with E-state index in [2.05, 4.69) is 30.5 Å². The van der Waals surface area contributed by atoms with E-state index < -0.39 is 0 Å². The number of nitriles is 1. The average Bonchev–Trinajstić information content (AvgIpc) is 3.07. The zero-order chi connectivity index (χ0) is 17.5. The Kier molecular flexibility index (Phi) is 6.39. The van der Waals surface area contributed by atoms with Crippen LogP contribution < -0.4 is 10.6 Å². The topological polar surface area (TPSA) is 74.2 Å². The van der Waals surface area contributed by atoms with E-state index in [0.29, 0.717) is 12.5 Å². The molecular formula is C19H25N3O2. The molecule has 1 saturated heterocycles. The largest absolute Gasteiger partial charge is 0.376 e. The van der Waals surface area contributed by atoms with Gasteiger partial charge in [-0.05, 0) is 36.8 Å². The summed E-state index contributed by atoms with van der Waals surface area (Å²) in [6.45, 7) is 7.42. The van der Waals surface area contributed by atoms with Crippen molar-refractivity contribution in [3.63, 3.8) is 0 Å². The molecule has 24 heavy (non-hydrogen) atoms. The zero-order valence-corrected chi connectivity index (χ0v) is 14.6. The summed E-state index contributed by atoms with van der Waals surface area (Å²) in [5.74, 6) is -0.0279. The number of hydrogen-bond acceptors (Lipinski definition) is 4. The summed E-state index contributed by atoms with van der Waals surface area (Å²) in [7, 11) is 0. The van der Waals surface area contributed by atoms with Gasteiger partial charge in [-0.25, -0.2) is 0 Å². The van der Waals surface area contributed by atoms with E-state index in [-0.39, 0.29) is 17.6 Å². The highest BCUT2D eigenvalue weighted by molar-refractivity contribution is 5.97. The Balaban J connectivity index is 2.05. The van der Waals surface area contributed by atoms with Crippen molar-refractivity contribution < 1.29 is 9.53 Å². The Morgan fingerprint density at radius 2 is 2.29 bits per heavy atom. The van der Waals surface area contributed by atoms with Crippen LogP contribution in [-0.4, -0.2) is 25.2 Å². The van der Waals surface area contributed by atoms with Gasteiger partial charge in [-0.1, -0.05) is 32.0 Å². The van der Waals surface area contributed by atoms with Crippen molar-refractivity contribution in [3.8, 4) is 6.07 Å². The van der Waals surface area contributed by atoms with Crippen molar-refractivity contribution >= 4 is 11.6 Å². The highest BCUT2D eigenvalue weighted by Gasteiger charge is 2.17. The number of carbonyl (C=O) groups excluding carboxylic acids is 1. The molecule has 128 valence electrons. The van der Waals surface area contributed by atoms with Crippen molar-refractivity contribution in [3.05, 3.63) is 41.1 Å². The summed E-state index contributed by atoms with van der Waals surface area (Å²) in [6, 6.07) is 8.03. The lowest BCUT2D eigenvalue weighted by Gasteiger charge is -2.15. The van der Waals surface area contributed by atoms with E-state index in [0.717, 1.165) is 36.3 Å². The summed E-state index contributed by atoms with van der Waals surface area (Å²) in [4.78, 5) is 12.2. The van der Waals surface area contributed by atoms with Crippen LogP contribution in [0.1, 0.15) is 43.7 Å². The zero-order valence-electron chi connectivity index (χ0n) is 14.6. The molecule has 1 heterocycles. The Labute approximate surface area is 143 Å². The Morgan fingerprint density at radius 3 is 2.92 bits per heavy atom. The van der Waals surface area contributed by atoms with Crippen LogP contribution in [0.2, 0.25) is 0 Å². The number of benzene rings is 1. The van der Waals surface area contributed by atoms with Crippen molar-refractivity contribution in [1.82, 2.24) is 5.32 Å². The SMILES string of the molecule is Cc1cccc(C(C)C)c1N/C=C(/C#N)C(=O)NCC1CCCO1. The molecule has 5 nitrogen and oxygen atoms in total. The van der Waals surface area contributed by atoms with Gasteiger partial charge in [-0.15, -0.1) is 0 Å². The van der Waals surface area contributed by atoms with Crippen LogP contribution in [0, 0.1) is 18.3 Å². The highest BCUT2D eigenvalue weighted by atomic mass is 16.5. The van der Waals surface area contributed by atoms with Crippen molar-refractivity contribution in [2.75, 3.05) is 18.5 Å². The number of para-hydroxylation sites is 1. The second-order valence-corrected chi connectivity index (χ2v) is 6.35. The molecule has 1 aromatic rings. The van der Waals surface area contributed by atoms with Crippen LogP contribution >= 0.6 is 0 Å². The Bertz CT molecular complexity index is 653. The Hall–Kier alpha value is -2.32. The summed E-state index contributed by atoms with van der Waals surface area (Å²) in [6.07, 6.45) is 3.52. The van der Waals surface area contributed by atoms with E-state index in [1.807, 2.05) is 25.1 Å². The van der Waals surface area contributed by atoms with Crippen LogP contribution in [0.3, 0.4) is 0 Å². The molecular weight excluding hydrogens is 302 g/mol. The second-order valence-electron chi connectivity index (χ2n) is 6.35.